The number of nitrogens with zero attached hydrogens (tertiary/aromatic N) is 2. The second-order valence-corrected chi connectivity index (χ2v) is 9.20. The maximum atomic E-state index is 13.5. The molecule has 2 heterocycles. The molecule has 0 bridgehead atoms. The van der Waals surface area contributed by atoms with Crippen molar-refractivity contribution >= 4 is 28.7 Å². The number of fused-ring (bicyclic) bond motifs is 1. The Hall–Kier alpha value is -3.61. The fraction of sp³-hybridized carbons (Fsp3) is 0.346. The van der Waals surface area contributed by atoms with Crippen LogP contribution in [0.2, 0.25) is 0 Å². The summed E-state index contributed by atoms with van der Waals surface area (Å²) in [6.45, 7) is 5.95. The van der Waals surface area contributed by atoms with E-state index in [2.05, 4.69) is 11.1 Å². The molecule has 0 saturated carbocycles. The minimum atomic E-state index is -1.08. The summed E-state index contributed by atoms with van der Waals surface area (Å²) in [4.78, 5) is 44.2. The number of hydrogen-bond donors (Lipinski definition) is 2. The SMILES string of the molecule is Cc1cc(C)cc(CC(=O)N2CCC2(C)C(=O)N(CC(=O)O)Cc2ccc3cc[nH]c3c2)c1. The van der Waals surface area contributed by atoms with Gasteiger partial charge in [0.2, 0.25) is 11.8 Å². The summed E-state index contributed by atoms with van der Waals surface area (Å²) in [6, 6.07) is 13.7. The van der Waals surface area contributed by atoms with Gasteiger partial charge in [0, 0.05) is 24.8 Å². The highest BCUT2D eigenvalue weighted by molar-refractivity contribution is 5.95. The van der Waals surface area contributed by atoms with Crippen LogP contribution in [0.4, 0.5) is 0 Å². The van der Waals surface area contributed by atoms with Crippen molar-refractivity contribution < 1.29 is 19.5 Å². The van der Waals surface area contributed by atoms with Crippen LogP contribution in [0.15, 0.2) is 48.7 Å². The first-order valence-electron chi connectivity index (χ1n) is 11.1. The van der Waals surface area contributed by atoms with Gasteiger partial charge in [-0.3, -0.25) is 14.4 Å². The van der Waals surface area contributed by atoms with E-state index in [0.717, 1.165) is 33.2 Å². The number of hydrogen-bond acceptors (Lipinski definition) is 3. The third-order valence-corrected chi connectivity index (χ3v) is 6.42. The van der Waals surface area contributed by atoms with Crippen molar-refractivity contribution in [2.24, 2.45) is 0 Å². The number of likely N-dealkylation sites (tertiary alicyclic amines) is 1. The van der Waals surface area contributed by atoms with E-state index in [-0.39, 0.29) is 24.8 Å². The molecule has 1 aromatic heterocycles. The van der Waals surface area contributed by atoms with Crippen LogP contribution < -0.4 is 0 Å². The Morgan fingerprint density at radius 3 is 2.42 bits per heavy atom. The fourth-order valence-corrected chi connectivity index (χ4v) is 4.74. The van der Waals surface area contributed by atoms with E-state index in [1.165, 1.54) is 4.90 Å². The molecule has 1 aliphatic heterocycles. The van der Waals surface area contributed by atoms with Crippen molar-refractivity contribution in [2.45, 2.75) is 45.7 Å². The average molecular weight is 448 g/mol. The number of aromatic nitrogens is 1. The molecular weight excluding hydrogens is 418 g/mol. The molecule has 1 fully saturated rings. The molecule has 0 radical (unpaired) electrons. The van der Waals surface area contributed by atoms with Crippen LogP contribution in [0.5, 0.6) is 0 Å². The third kappa shape index (κ3) is 4.62. The average Bonchev–Trinajstić information content (AvgIpc) is 3.18. The summed E-state index contributed by atoms with van der Waals surface area (Å²) >= 11 is 0. The summed E-state index contributed by atoms with van der Waals surface area (Å²) < 4.78 is 0. The number of aromatic amines is 1. The van der Waals surface area contributed by atoms with Gasteiger partial charge in [-0.05, 0) is 55.8 Å². The standard InChI is InChI=1S/C26H29N3O4/c1-17-10-18(2)12-20(11-17)14-23(30)29-9-7-26(29,3)25(33)28(16-24(31)32)15-19-4-5-21-6-8-27-22(21)13-19/h4-6,8,10-13,27H,7,9,14-16H2,1-3H3,(H,31,32). The summed E-state index contributed by atoms with van der Waals surface area (Å²) in [6.07, 6.45) is 2.56. The van der Waals surface area contributed by atoms with Crippen LogP contribution in [-0.4, -0.2) is 56.3 Å². The number of nitrogens with one attached hydrogen (secondary N) is 1. The van der Waals surface area contributed by atoms with Gasteiger partial charge >= 0.3 is 5.97 Å². The lowest BCUT2D eigenvalue weighted by molar-refractivity contribution is -0.165. The van der Waals surface area contributed by atoms with Gasteiger partial charge in [-0.1, -0.05) is 41.5 Å². The predicted molar refractivity (Wildman–Crippen MR) is 126 cm³/mol. The maximum absolute atomic E-state index is 13.5. The Morgan fingerprint density at radius 1 is 1.06 bits per heavy atom. The Morgan fingerprint density at radius 2 is 1.79 bits per heavy atom. The number of amides is 2. The molecule has 0 spiro atoms. The van der Waals surface area contributed by atoms with Gasteiger partial charge < -0.3 is 19.9 Å². The number of carboxylic acids is 1. The Balaban J connectivity index is 1.52. The largest absolute Gasteiger partial charge is 0.480 e. The quantitative estimate of drug-likeness (QED) is 0.580. The minimum absolute atomic E-state index is 0.120. The molecule has 1 saturated heterocycles. The van der Waals surface area contributed by atoms with Crippen molar-refractivity contribution in [2.75, 3.05) is 13.1 Å². The molecule has 33 heavy (non-hydrogen) atoms. The zero-order chi connectivity index (χ0) is 23.8. The molecule has 2 amide bonds. The zero-order valence-corrected chi connectivity index (χ0v) is 19.2. The second kappa shape index (κ2) is 8.73. The van der Waals surface area contributed by atoms with Crippen LogP contribution in [0, 0.1) is 13.8 Å². The highest BCUT2D eigenvalue weighted by Crippen LogP contribution is 2.33. The Bertz CT molecular complexity index is 1210. The van der Waals surface area contributed by atoms with Gasteiger partial charge in [-0.2, -0.15) is 0 Å². The van der Waals surface area contributed by atoms with Gasteiger partial charge in [0.25, 0.3) is 0 Å². The van der Waals surface area contributed by atoms with E-state index in [1.807, 2.05) is 56.4 Å². The van der Waals surface area contributed by atoms with E-state index in [9.17, 15) is 19.5 Å². The number of H-pyrrole nitrogens is 1. The highest BCUT2D eigenvalue weighted by Gasteiger charge is 2.51. The number of aryl methyl sites for hydroxylation is 2. The van der Waals surface area contributed by atoms with Crippen molar-refractivity contribution in [3.63, 3.8) is 0 Å². The van der Waals surface area contributed by atoms with Crippen LogP contribution in [-0.2, 0) is 27.3 Å². The van der Waals surface area contributed by atoms with Gasteiger partial charge in [0.1, 0.15) is 12.1 Å². The van der Waals surface area contributed by atoms with E-state index < -0.39 is 18.1 Å². The van der Waals surface area contributed by atoms with Crippen molar-refractivity contribution in [3.8, 4) is 0 Å². The lowest BCUT2D eigenvalue weighted by atomic mass is 9.84. The molecule has 172 valence electrons. The van der Waals surface area contributed by atoms with E-state index >= 15 is 0 Å². The molecule has 0 aliphatic carbocycles. The molecule has 1 unspecified atom stereocenters. The Labute approximate surface area is 193 Å². The third-order valence-electron chi connectivity index (χ3n) is 6.42. The van der Waals surface area contributed by atoms with E-state index in [4.69, 9.17) is 0 Å². The molecular formula is C26H29N3O4. The molecule has 2 aromatic carbocycles. The number of aliphatic carboxylic acids is 1. The number of carboxylic acid groups (broad SMARTS) is 1. The van der Waals surface area contributed by atoms with Crippen molar-refractivity contribution in [3.05, 3.63) is 70.9 Å². The van der Waals surface area contributed by atoms with E-state index in [1.54, 1.807) is 11.8 Å². The van der Waals surface area contributed by atoms with Crippen LogP contribution >= 0.6 is 0 Å². The maximum Gasteiger partial charge on any atom is 0.323 e. The topological polar surface area (TPSA) is 93.7 Å². The first-order valence-corrected chi connectivity index (χ1v) is 11.1. The molecule has 4 rings (SSSR count). The van der Waals surface area contributed by atoms with Crippen molar-refractivity contribution in [1.82, 2.24) is 14.8 Å². The van der Waals surface area contributed by atoms with Crippen LogP contribution in [0.25, 0.3) is 10.9 Å². The first-order chi connectivity index (χ1) is 15.7. The first kappa shape index (κ1) is 22.6. The number of rotatable bonds is 7. The molecule has 7 heteroatoms. The molecule has 2 N–H and O–H groups in total. The molecule has 1 atom stereocenters. The summed E-state index contributed by atoms with van der Waals surface area (Å²) in [5.41, 5.74) is 3.81. The minimum Gasteiger partial charge on any atom is -0.480 e. The smallest absolute Gasteiger partial charge is 0.323 e. The monoisotopic (exact) mass is 447 g/mol. The normalized spacial score (nSPS) is 17.6. The summed E-state index contributed by atoms with van der Waals surface area (Å²) in [7, 11) is 0. The molecule has 7 nitrogen and oxygen atoms in total. The van der Waals surface area contributed by atoms with Gasteiger partial charge in [0.05, 0.1) is 6.42 Å². The number of carbonyl (C=O) groups is 3. The lowest BCUT2D eigenvalue weighted by Gasteiger charge is -2.50. The van der Waals surface area contributed by atoms with Gasteiger partial charge in [-0.15, -0.1) is 0 Å². The predicted octanol–water partition coefficient (Wildman–Crippen LogP) is 3.43. The summed E-state index contributed by atoms with van der Waals surface area (Å²) in [5, 5.41) is 10.5. The highest BCUT2D eigenvalue weighted by atomic mass is 16.4. The van der Waals surface area contributed by atoms with Crippen LogP contribution in [0.1, 0.15) is 35.6 Å². The lowest BCUT2D eigenvalue weighted by Crippen LogP contribution is -2.68. The van der Waals surface area contributed by atoms with Crippen molar-refractivity contribution in [1.29, 1.82) is 0 Å². The van der Waals surface area contributed by atoms with Gasteiger partial charge in [0.15, 0.2) is 0 Å². The van der Waals surface area contributed by atoms with Crippen LogP contribution in [0.3, 0.4) is 0 Å². The number of carbonyl (C=O) groups excluding carboxylic acids is 2. The van der Waals surface area contributed by atoms with E-state index in [0.29, 0.717) is 13.0 Å². The second-order valence-electron chi connectivity index (χ2n) is 9.20. The summed E-state index contributed by atoms with van der Waals surface area (Å²) in [5.74, 6) is -1.54. The Kier molecular flexibility index (Phi) is 5.97. The fourth-order valence-electron chi connectivity index (χ4n) is 4.74. The molecule has 1 aliphatic rings. The molecule has 3 aromatic rings. The van der Waals surface area contributed by atoms with Gasteiger partial charge in [-0.25, -0.2) is 0 Å². The zero-order valence-electron chi connectivity index (χ0n) is 19.2. The number of benzene rings is 2.